The number of carbonyl (C=O) groups excluding carboxylic acids is 1. The highest BCUT2D eigenvalue weighted by Crippen LogP contribution is 2.39. The van der Waals surface area contributed by atoms with Crippen molar-refractivity contribution in [2.45, 2.75) is 51.0 Å². The van der Waals surface area contributed by atoms with Gasteiger partial charge in [0.2, 0.25) is 5.91 Å². The first-order valence-corrected chi connectivity index (χ1v) is 10.6. The Labute approximate surface area is 182 Å². The Bertz CT molecular complexity index is 828. The second-order valence-electron chi connectivity index (χ2n) is 7.71. The van der Waals surface area contributed by atoms with Crippen molar-refractivity contribution in [3.8, 4) is 11.1 Å². The third kappa shape index (κ3) is 4.48. The topological polar surface area (TPSA) is 33.2 Å². The Hall–Kier alpha value is -1.29. The predicted octanol–water partition coefficient (Wildman–Crippen LogP) is 6.20. The molecule has 2 aliphatic rings. The lowest BCUT2D eigenvalue weighted by Crippen LogP contribution is -2.39. The maximum Gasteiger partial charge on any atom is 0.222 e. The lowest BCUT2D eigenvalue weighted by molar-refractivity contribution is -0.130. The van der Waals surface area contributed by atoms with E-state index in [1.165, 1.54) is 6.42 Å². The monoisotopic (exact) mass is 438 g/mol. The highest BCUT2D eigenvalue weighted by atomic mass is 35.5. The van der Waals surface area contributed by atoms with E-state index in [1.54, 1.807) is 6.20 Å². The maximum atomic E-state index is 12.1. The number of halogens is 3. The molecule has 28 heavy (non-hydrogen) atoms. The molecule has 1 aliphatic carbocycles. The molecule has 0 bridgehead atoms. The first kappa shape index (κ1) is 21.4. The molecule has 1 saturated carbocycles. The number of pyridine rings is 1. The zero-order chi connectivity index (χ0) is 18.8. The van der Waals surface area contributed by atoms with Gasteiger partial charge >= 0.3 is 0 Å². The summed E-state index contributed by atoms with van der Waals surface area (Å²) in [4.78, 5) is 18.4. The molecule has 0 radical (unpaired) electrons. The van der Waals surface area contributed by atoms with Crippen LogP contribution in [0.15, 0.2) is 36.7 Å². The number of amides is 1. The van der Waals surface area contributed by atoms with Crippen molar-refractivity contribution < 1.29 is 4.79 Å². The van der Waals surface area contributed by atoms with Crippen LogP contribution >= 0.6 is 35.6 Å². The van der Waals surface area contributed by atoms with E-state index in [4.69, 9.17) is 23.2 Å². The van der Waals surface area contributed by atoms with Crippen molar-refractivity contribution in [3.63, 3.8) is 0 Å². The molecule has 2 fully saturated rings. The molecule has 2 unspecified atom stereocenters. The molecule has 150 valence electrons. The molecule has 1 aromatic carbocycles. The quantitative estimate of drug-likeness (QED) is 0.568. The molecule has 2 aromatic rings. The molecule has 3 nitrogen and oxygen atoms in total. The number of hydrogen-bond acceptors (Lipinski definition) is 2. The number of benzene rings is 1. The van der Waals surface area contributed by atoms with Gasteiger partial charge < -0.3 is 4.90 Å². The minimum absolute atomic E-state index is 0. The Balaban J connectivity index is 0.00000225. The lowest BCUT2D eigenvalue weighted by atomic mass is 9.81. The Morgan fingerprint density at radius 3 is 2.71 bits per heavy atom. The minimum Gasteiger partial charge on any atom is -0.340 e. The summed E-state index contributed by atoms with van der Waals surface area (Å²) in [5, 5.41) is 1.46. The summed E-state index contributed by atoms with van der Waals surface area (Å²) in [5.41, 5.74) is 3.01. The second-order valence-corrected chi connectivity index (χ2v) is 8.50. The molecule has 1 saturated heterocycles. The van der Waals surface area contributed by atoms with Gasteiger partial charge in [0.1, 0.15) is 0 Å². The van der Waals surface area contributed by atoms with E-state index >= 15 is 0 Å². The van der Waals surface area contributed by atoms with Crippen molar-refractivity contribution in [1.29, 1.82) is 0 Å². The standard InChI is InChI=1S/C22H24Cl2N2O.ClH/c23-20-9-8-18(16-5-2-10-25-14-16)22(24)19(20)13-15-4-1-6-17(12-15)26-11-3-7-21(26)27;/h2,5,8-10,14-15,17H,1,3-4,6-7,11-13H2;1H. The normalized spacial score (nSPS) is 22.2. The van der Waals surface area contributed by atoms with Crippen molar-refractivity contribution in [1.82, 2.24) is 9.88 Å². The van der Waals surface area contributed by atoms with Gasteiger partial charge in [-0.15, -0.1) is 12.4 Å². The van der Waals surface area contributed by atoms with E-state index in [0.717, 1.165) is 65.4 Å². The van der Waals surface area contributed by atoms with E-state index in [2.05, 4.69) is 9.88 Å². The molecule has 0 spiro atoms. The summed E-state index contributed by atoms with van der Waals surface area (Å²) < 4.78 is 0. The van der Waals surface area contributed by atoms with E-state index in [-0.39, 0.29) is 12.4 Å². The van der Waals surface area contributed by atoms with Crippen LogP contribution in [0.1, 0.15) is 44.1 Å². The van der Waals surface area contributed by atoms with Crippen molar-refractivity contribution >= 4 is 41.5 Å². The summed E-state index contributed by atoms with van der Waals surface area (Å²) in [7, 11) is 0. The van der Waals surface area contributed by atoms with E-state index in [9.17, 15) is 4.79 Å². The number of nitrogens with zero attached hydrogens (tertiary/aromatic N) is 2. The largest absolute Gasteiger partial charge is 0.340 e. The van der Waals surface area contributed by atoms with Crippen LogP contribution in [0.3, 0.4) is 0 Å². The highest BCUT2D eigenvalue weighted by Gasteiger charge is 2.32. The van der Waals surface area contributed by atoms with Gasteiger partial charge in [-0.1, -0.05) is 41.8 Å². The van der Waals surface area contributed by atoms with Crippen molar-refractivity contribution in [2.75, 3.05) is 6.54 Å². The van der Waals surface area contributed by atoms with E-state index in [1.807, 2.05) is 30.5 Å². The van der Waals surface area contributed by atoms with Gasteiger partial charge in [0.15, 0.2) is 0 Å². The van der Waals surface area contributed by atoms with Crippen LogP contribution in [0.2, 0.25) is 10.0 Å². The minimum atomic E-state index is 0. The summed E-state index contributed by atoms with van der Waals surface area (Å²) in [6.45, 7) is 0.925. The van der Waals surface area contributed by atoms with Crippen LogP contribution in [-0.2, 0) is 11.2 Å². The number of carbonyl (C=O) groups is 1. The average Bonchev–Trinajstić information content (AvgIpc) is 3.12. The fourth-order valence-electron chi connectivity index (χ4n) is 4.60. The fourth-order valence-corrected chi connectivity index (χ4v) is 5.24. The van der Waals surface area contributed by atoms with Gasteiger partial charge in [0.25, 0.3) is 0 Å². The third-order valence-electron chi connectivity index (χ3n) is 5.96. The molecule has 1 aliphatic heterocycles. The number of aromatic nitrogens is 1. The average molecular weight is 440 g/mol. The third-order valence-corrected chi connectivity index (χ3v) is 6.74. The summed E-state index contributed by atoms with van der Waals surface area (Å²) in [5.74, 6) is 0.839. The SMILES string of the molecule is Cl.O=C1CCCN1C1CCCC(Cc2c(Cl)ccc(-c3cccnc3)c2Cl)C1. The Morgan fingerprint density at radius 2 is 2.00 bits per heavy atom. The first-order valence-electron chi connectivity index (χ1n) is 9.80. The van der Waals surface area contributed by atoms with E-state index in [0.29, 0.717) is 24.3 Å². The van der Waals surface area contributed by atoms with Gasteiger partial charge in [-0.3, -0.25) is 9.78 Å². The molecule has 0 N–H and O–H groups in total. The lowest BCUT2D eigenvalue weighted by Gasteiger charge is -2.35. The van der Waals surface area contributed by atoms with E-state index < -0.39 is 0 Å². The zero-order valence-electron chi connectivity index (χ0n) is 15.7. The molecule has 1 aromatic heterocycles. The summed E-state index contributed by atoms with van der Waals surface area (Å²) in [6, 6.07) is 8.23. The van der Waals surface area contributed by atoms with Gasteiger partial charge in [0, 0.05) is 47.6 Å². The molecular formula is C22H25Cl3N2O. The smallest absolute Gasteiger partial charge is 0.222 e. The van der Waals surface area contributed by atoms with Gasteiger partial charge in [-0.2, -0.15) is 0 Å². The maximum absolute atomic E-state index is 12.1. The number of hydrogen-bond donors (Lipinski definition) is 0. The van der Waals surface area contributed by atoms with Crippen LogP contribution in [0.5, 0.6) is 0 Å². The van der Waals surface area contributed by atoms with Crippen molar-refractivity contribution in [3.05, 3.63) is 52.3 Å². The Morgan fingerprint density at radius 1 is 1.14 bits per heavy atom. The van der Waals surface area contributed by atoms with Crippen LogP contribution in [-0.4, -0.2) is 28.4 Å². The highest BCUT2D eigenvalue weighted by molar-refractivity contribution is 6.37. The fraction of sp³-hybridized carbons (Fsp3) is 0.455. The van der Waals surface area contributed by atoms with Crippen molar-refractivity contribution in [2.24, 2.45) is 5.92 Å². The molecule has 2 atom stereocenters. The zero-order valence-corrected chi connectivity index (χ0v) is 18.1. The number of rotatable bonds is 4. The van der Waals surface area contributed by atoms with Crippen LogP contribution in [0.4, 0.5) is 0 Å². The Kier molecular flexibility index (Phi) is 7.25. The first-order chi connectivity index (χ1) is 13.1. The van der Waals surface area contributed by atoms with Gasteiger partial charge in [0.05, 0.1) is 5.02 Å². The van der Waals surface area contributed by atoms with Crippen LogP contribution in [0, 0.1) is 5.92 Å². The van der Waals surface area contributed by atoms with Gasteiger partial charge in [-0.05, 0) is 55.7 Å². The summed E-state index contributed by atoms with van der Waals surface area (Å²) >= 11 is 13.3. The summed E-state index contributed by atoms with van der Waals surface area (Å²) in [6.07, 6.45) is 10.7. The van der Waals surface area contributed by atoms with Crippen LogP contribution < -0.4 is 0 Å². The second kappa shape index (κ2) is 9.47. The van der Waals surface area contributed by atoms with Gasteiger partial charge in [-0.25, -0.2) is 0 Å². The number of likely N-dealkylation sites (tertiary alicyclic amines) is 1. The molecule has 6 heteroatoms. The molecule has 2 heterocycles. The predicted molar refractivity (Wildman–Crippen MR) is 117 cm³/mol. The molecule has 4 rings (SSSR count). The van der Waals surface area contributed by atoms with Crippen LogP contribution in [0.25, 0.3) is 11.1 Å². The molecule has 1 amide bonds. The molecular weight excluding hydrogens is 415 g/mol.